The van der Waals surface area contributed by atoms with Crippen LogP contribution in [0.5, 0.6) is 0 Å². The van der Waals surface area contributed by atoms with Crippen molar-refractivity contribution in [2.45, 2.75) is 52.1 Å². The van der Waals surface area contributed by atoms with Crippen LogP contribution in [0.15, 0.2) is 0 Å². The predicted octanol–water partition coefficient (Wildman–Crippen LogP) is 2.22. The Morgan fingerprint density at radius 1 is 1.31 bits per heavy atom. The molecule has 16 heavy (non-hydrogen) atoms. The molecule has 0 bridgehead atoms. The minimum absolute atomic E-state index is 0.177. The van der Waals surface area contributed by atoms with E-state index in [1.807, 2.05) is 20.8 Å². The summed E-state index contributed by atoms with van der Waals surface area (Å²) < 4.78 is 5.21. The van der Waals surface area contributed by atoms with Gasteiger partial charge in [0, 0.05) is 6.42 Å². The number of carbonyl (C=O) groups is 2. The molecule has 0 heterocycles. The zero-order valence-corrected chi connectivity index (χ0v) is 10.2. The molecule has 0 radical (unpaired) electrons. The molecule has 0 amide bonds. The number of esters is 1. The average Bonchev–Trinajstić information content (AvgIpc) is 2.48. The number of carboxylic acid groups (broad SMARTS) is 1. The minimum atomic E-state index is -0.744. The van der Waals surface area contributed by atoms with Gasteiger partial charge in [-0.25, -0.2) is 0 Å². The Labute approximate surface area is 96.0 Å². The zero-order valence-electron chi connectivity index (χ0n) is 10.2. The van der Waals surface area contributed by atoms with Crippen molar-refractivity contribution in [3.05, 3.63) is 0 Å². The zero-order chi connectivity index (χ0) is 12.3. The lowest BCUT2D eigenvalue weighted by Gasteiger charge is -2.20. The van der Waals surface area contributed by atoms with E-state index in [9.17, 15) is 9.59 Å². The minimum Gasteiger partial charge on any atom is -0.481 e. The molecule has 0 unspecified atom stereocenters. The fraction of sp³-hybridized carbons (Fsp3) is 0.833. The number of hydrogen-bond acceptors (Lipinski definition) is 3. The van der Waals surface area contributed by atoms with E-state index in [2.05, 4.69) is 0 Å². The molecule has 1 N–H and O–H groups in total. The van der Waals surface area contributed by atoms with Crippen LogP contribution in [-0.4, -0.2) is 22.6 Å². The van der Waals surface area contributed by atoms with Gasteiger partial charge in [-0.15, -0.1) is 0 Å². The lowest BCUT2D eigenvalue weighted by atomic mass is 10.0. The van der Waals surface area contributed by atoms with Gasteiger partial charge in [-0.1, -0.05) is 0 Å². The fourth-order valence-electron chi connectivity index (χ4n) is 2.10. The maximum absolute atomic E-state index is 11.5. The lowest BCUT2D eigenvalue weighted by Crippen LogP contribution is -2.25. The van der Waals surface area contributed by atoms with Crippen LogP contribution in [0.3, 0.4) is 0 Å². The number of carboxylic acids is 1. The summed E-state index contributed by atoms with van der Waals surface area (Å²) in [7, 11) is 0. The van der Waals surface area contributed by atoms with Gasteiger partial charge in [-0.3, -0.25) is 9.59 Å². The van der Waals surface area contributed by atoms with Gasteiger partial charge in [0.15, 0.2) is 0 Å². The molecule has 0 aliphatic heterocycles. The van der Waals surface area contributed by atoms with Crippen LogP contribution in [0.4, 0.5) is 0 Å². The molecule has 1 fully saturated rings. The van der Waals surface area contributed by atoms with Crippen LogP contribution >= 0.6 is 0 Å². The molecular weight excluding hydrogens is 208 g/mol. The normalized spacial score (nSPS) is 25.4. The van der Waals surface area contributed by atoms with E-state index in [1.165, 1.54) is 0 Å². The van der Waals surface area contributed by atoms with Gasteiger partial charge in [0.1, 0.15) is 5.60 Å². The van der Waals surface area contributed by atoms with Crippen LogP contribution in [0.1, 0.15) is 46.5 Å². The smallest absolute Gasteiger partial charge is 0.306 e. The number of aliphatic carboxylic acids is 1. The summed E-state index contributed by atoms with van der Waals surface area (Å²) in [5.41, 5.74) is -0.456. The van der Waals surface area contributed by atoms with E-state index in [0.717, 1.165) is 6.42 Å². The Balaban J connectivity index is 2.34. The Hall–Kier alpha value is -1.06. The summed E-state index contributed by atoms with van der Waals surface area (Å²) in [6, 6.07) is 0. The Morgan fingerprint density at radius 3 is 2.38 bits per heavy atom. The van der Waals surface area contributed by atoms with E-state index in [0.29, 0.717) is 19.3 Å². The topological polar surface area (TPSA) is 63.6 Å². The Morgan fingerprint density at radius 2 is 1.94 bits per heavy atom. The largest absolute Gasteiger partial charge is 0.481 e. The molecule has 1 aliphatic carbocycles. The first-order chi connectivity index (χ1) is 7.28. The van der Waals surface area contributed by atoms with Crippen molar-refractivity contribution in [2.24, 2.45) is 11.8 Å². The third-order valence-electron chi connectivity index (χ3n) is 2.77. The molecule has 1 rings (SSSR count). The van der Waals surface area contributed by atoms with E-state index in [-0.39, 0.29) is 17.8 Å². The molecule has 1 aliphatic rings. The van der Waals surface area contributed by atoms with Crippen molar-refractivity contribution in [3.63, 3.8) is 0 Å². The molecule has 4 nitrogen and oxygen atoms in total. The van der Waals surface area contributed by atoms with Crippen LogP contribution < -0.4 is 0 Å². The first kappa shape index (κ1) is 13.0. The summed E-state index contributed by atoms with van der Waals surface area (Å²) in [4.78, 5) is 22.3. The molecule has 1 saturated carbocycles. The molecule has 0 saturated heterocycles. The van der Waals surface area contributed by atoms with Crippen molar-refractivity contribution in [3.8, 4) is 0 Å². The Bertz CT molecular complexity index is 277. The standard InChI is InChI=1S/C12H20O4/c1-12(2,3)16-10(13)7-8-4-5-9(6-8)11(14)15/h8-9H,4-7H2,1-3H3,(H,14,15)/t8-,9-/m1/s1. The second-order valence-electron chi connectivity index (χ2n) is 5.50. The SMILES string of the molecule is CC(C)(C)OC(=O)C[C@@H]1CC[C@@H](C(=O)O)C1. The summed E-state index contributed by atoms with van der Waals surface area (Å²) in [5.74, 6) is -1.06. The highest BCUT2D eigenvalue weighted by Crippen LogP contribution is 2.33. The van der Waals surface area contributed by atoms with Crippen molar-refractivity contribution in [1.82, 2.24) is 0 Å². The number of carbonyl (C=O) groups excluding carboxylic acids is 1. The van der Waals surface area contributed by atoms with Crippen molar-refractivity contribution in [1.29, 1.82) is 0 Å². The summed E-state index contributed by atoms with van der Waals surface area (Å²) in [6.07, 6.45) is 2.45. The van der Waals surface area contributed by atoms with Crippen LogP contribution in [0.25, 0.3) is 0 Å². The Kier molecular flexibility index (Phi) is 3.94. The van der Waals surface area contributed by atoms with Crippen LogP contribution in [-0.2, 0) is 14.3 Å². The van der Waals surface area contributed by atoms with Crippen LogP contribution in [0, 0.1) is 11.8 Å². The molecule has 0 aromatic heterocycles. The van der Waals surface area contributed by atoms with Crippen LogP contribution in [0.2, 0.25) is 0 Å². The van der Waals surface area contributed by atoms with E-state index in [1.54, 1.807) is 0 Å². The highest BCUT2D eigenvalue weighted by Gasteiger charge is 2.31. The quantitative estimate of drug-likeness (QED) is 0.752. The van der Waals surface area contributed by atoms with Gasteiger partial charge in [-0.2, -0.15) is 0 Å². The molecule has 92 valence electrons. The maximum Gasteiger partial charge on any atom is 0.306 e. The maximum atomic E-state index is 11.5. The first-order valence-electron chi connectivity index (χ1n) is 5.72. The number of rotatable bonds is 3. The second kappa shape index (κ2) is 4.85. The average molecular weight is 228 g/mol. The molecule has 0 aromatic rings. The van der Waals surface area contributed by atoms with Crippen molar-refractivity contribution in [2.75, 3.05) is 0 Å². The predicted molar refractivity (Wildman–Crippen MR) is 58.9 cm³/mol. The molecule has 2 atom stereocenters. The fourth-order valence-corrected chi connectivity index (χ4v) is 2.10. The molecule has 0 spiro atoms. The van der Waals surface area contributed by atoms with E-state index in [4.69, 9.17) is 9.84 Å². The number of hydrogen-bond donors (Lipinski definition) is 1. The van der Waals surface area contributed by atoms with Gasteiger partial charge in [0.05, 0.1) is 5.92 Å². The van der Waals surface area contributed by atoms with E-state index < -0.39 is 11.6 Å². The van der Waals surface area contributed by atoms with E-state index >= 15 is 0 Å². The van der Waals surface area contributed by atoms with Gasteiger partial charge in [0.2, 0.25) is 0 Å². The highest BCUT2D eigenvalue weighted by molar-refractivity contribution is 5.72. The molecular formula is C12H20O4. The van der Waals surface area contributed by atoms with Crippen molar-refractivity contribution < 1.29 is 19.4 Å². The first-order valence-corrected chi connectivity index (χ1v) is 5.72. The molecule has 4 heteroatoms. The van der Waals surface area contributed by atoms with Gasteiger partial charge >= 0.3 is 11.9 Å². The van der Waals surface area contributed by atoms with Crippen molar-refractivity contribution >= 4 is 11.9 Å². The second-order valence-corrected chi connectivity index (χ2v) is 5.50. The highest BCUT2D eigenvalue weighted by atomic mass is 16.6. The third-order valence-corrected chi connectivity index (χ3v) is 2.77. The summed E-state index contributed by atoms with van der Waals surface area (Å²) >= 11 is 0. The number of ether oxygens (including phenoxy) is 1. The van der Waals surface area contributed by atoms with Gasteiger partial charge in [-0.05, 0) is 46.0 Å². The summed E-state index contributed by atoms with van der Waals surface area (Å²) in [6.45, 7) is 5.50. The lowest BCUT2D eigenvalue weighted by molar-refractivity contribution is -0.156. The molecule has 0 aromatic carbocycles. The third kappa shape index (κ3) is 4.21. The van der Waals surface area contributed by atoms with Gasteiger partial charge in [0.25, 0.3) is 0 Å². The monoisotopic (exact) mass is 228 g/mol. The van der Waals surface area contributed by atoms with Gasteiger partial charge < -0.3 is 9.84 Å². The summed E-state index contributed by atoms with van der Waals surface area (Å²) in [5, 5.41) is 8.84.